The van der Waals surface area contributed by atoms with Crippen molar-refractivity contribution in [3.8, 4) is 44.5 Å². The first-order chi connectivity index (χ1) is 32.8. The molecule has 5 heterocycles. The normalized spacial score (nSPS) is 11.6. The van der Waals surface area contributed by atoms with Crippen molar-refractivity contribution >= 4 is 79.9 Å². The first-order valence-electron chi connectivity index (χ1n) is 22.5. The van der Waals surface area contributed by atoms with Crippen LogP contribution >= 0.6 is 0 Å². The molecule has 2 aliphatic heterocycles. The summed E-state index contributed by atoms with van der Waals surface area (Å²) in [4.78, 5) is 47.6. The molecule has 0 atom stereocenters. The smallest absolute Gasteiger partial charge is 0.657 e. The van der Waals surface area contributed by atoms with Gasteiger partial charge in [-0.2, -0.15) is 0 Å². The maximum atomic E-state index is 12.9. The van der Waals surface area contributed by atoms with Crippen LogP contribution in [-0.4, -0.2) is 21.9 Å². The van der Waals surface area contributed by atoms with Gasteiger partial charge in [0.2, 0.25) is 0 Å². The van der Waals surface area contributed by atoms with E-state index >= 15 is 0 Å². The van der Waals surface area contributed by atoms with E-state index in [1.165, 1.54) is 0 Å². The summed E-state index contributed by atoms with van der Waals surface area (Å²) < 4.78 is 0. The van der Waals surface area contributed by atoms with E-state index in [4.69, 9.17) is 19.9 Å². The Balaban J connectivity index is 0.00000225. The van der Waals surface area contributed by atoms with Gasteiger partial charge in [0.1, 0.15) is 0 Å². The Labute approximate surface area is 507 Å². The third-order valence-corrected chi connectivity index (χ3v) is 13.3. The van der Waals surface area contributed by atoms with Crippen molar-refractivity contribution in [1.29, 1.82) is 0 Å². The van der Waals surface area contributed by atoms with Crippen LogP contribution in [0.25, 0.3) is 112 Å². The van der Waals surface area contributed by atoms with Crippen molar-refractivity contribution in [3.05, 3.63) is 189 Å². The topological polar surface area (TPSA) is 134 Å². The van der Waals surface area contributed by atoms with Crippen molar-refractivity contribution in [2.24, 2.45) is 0 Å². The zero-order valence-corrected chi connectivity index (χ0v) is 47.8. The Kier molecular flexibility index (Phi) is 15.5. The Morgan fingerprint density at radius 3 is 1.03 bits per heavy atom. The second-order valence-corrected chi connectivity index (χ2v) is 17.9. The van der Waals surface area contributed by atoms with Gasteiger partial charge in [0.15, 0.2) is 0 Å². The van der Waals surface area contributed by atoms with Crippen LogP contribution in [-0.2, 0) is 17.1 Å². The van der Waals surface area contributed by atoms with Crippen LogP contribution in [0.2, 0.25) is 0 Å². The average molecular weight is 1020 g/mol. The first-order valence-corrected chi connectivity index (χ1v) is 22.5. The van der Waals surface area contributed by atoms with E-state index in [2.05, 4.69) is 65.8 Å². The molecule has 11 rings (SSSR count). The summed E-state index contributed by atoms with van der Waals surface area (Å²) in [6.45, 7) is 12.5. The summed E-state index contributed by atoms with van der Waals surface area (Å²) in [5, 5.41) is 28.2. The Bertz CT molecular complexity index is 3650. The molecule has 11 heteroatoms. The number of aromatic nitrogens is 4. The molecule has 71 heavy (non-hydrogen) atoms. The number of nitrogens with zero attached hydrogens (tertiary/aromatic N) is 4. The maximum absolute atomic E-state index is 12.9. The second kappa shape index (κ2) is 21.0. The minimum absolute atomic E-state index is 0. The van der Waals surface area contributed by atoms with Crippen molar-refractivity contribution in [3.63, 3.8) is 0 Å². The zero-order valence-electron chi connectivity index (χ0n) is 40.6. The largest absolute Gasteiger partial charge is 2.00 e. The molecule has 0 aliphatic carbocycles. The predicted molar refractivity (Wildman–Crippen MR) is 271 cm³/mol. The Morgan fingerprint density at radius 2 is 0.704 bits per heavy atom. The van der Waals surface area contributed by atoms with Gasteiger partial charge < -0.3 is 29.8 Å². The monoisotopic (exact) mass is 1020 g/mol. The molecule has 8 nitrogen and oxygen atoms in total. The van der Waals surface area contributed by atoms with E-state index in [-0.39, 0.29) is 131 Å². The van der Waals surface area contributed by atoms with Crippen molar-refractivity contribution < 1.29 is 140 Å². The third-order valence-electron chi connectivity index (χ3n) is 13.3. The zero-order chi connectivity index (χ0) is 47.1. The number of carbonyl (C=O) groups excluding carboxylic acids is 2. The predicted octanol–water partition coefficient (Wildman–Crippen LogP) is 5.47. The summed E-state index contributed by atoms with van der Waals surface area (Å²) >= 11 is 0. The Hall–Kier alpha value is -4.83. The fourth-order valence-corrected chi connectivity index (χ4v) is 10.7. The van der Waals surface area contributed by atoms with Gasteiger partial charge in [-0.3, -0.25) is 0 Å². The molecule has 1 radical (unpaired) electrons. The summed E-state index contributed by atoms with van der Waals surface area (Å²) in [7, 11) is 0. The van der Waals surface area contributed by atoms with E-state index in [0.29, 0.717) is 77.9 Å². The Morgan fingerprint density at radius 1 is 0.408 bits per heavy atom. The van der Waals surface area contributed by atoms with Crippen LogP contribution in [0, 0.1) is 41.5 Å². The van der Waals surface area contributed by atoms with Gasteiger partial charge in [-0.05, 0) is 154 Å². The molecule has 2 aliphatic rings. The van der Waals surface area contributed by atoms with Gasteiger partial charge in [-0.15, -0.1) is 22.1 Å². The number of hydrogen-bond acceptors (Lipinski definition) is 6. The average Bonchev–Trinajstić information content (AvgIpc) is 4.16. The SMILES string of the molecule is Cc1cc(C)c(-c2c3nc(c(-c4cccc5cccc(C(=O)[O-])c45)c4ccc([n-]4)c(-c4c(C)cc(C)cc4C)c4nc(c(-c5cccc6cccc(C(=O)[O-])c56)c5ccc2[n-]5)C=C4)C=C3)c(C)c1.[Cu+2].[K+].[K+]. The molecular weight excluding hydrogens is 982 g/mol. The van der Waals surface area contributed by atoms with Gasteiger partial charge in [0.05, 0.1) is 34.7 Å². The number of benzene rings is 6. The number of aromatic carboxylic acids is 2. The molecule has 6 aromatic carbocycles. The molecular formula is C60H42CuK2N4O4. The molecule has 0 fully saturated rings. The van der Waals surface area contributed by atoms with E-state index in [1.807, 2.05) is 97.1 Å². The summed E-state index contributed by atoms with van der Waals surface area (Å²) in [6, 6.07) is 38.5. The minimum atomic E-state index is -1.28. The number of rotatable bonds is 6. The number of hydrogen-bond donors (Lipinski definition) is 0. The number of carboxylic acids is 2. The van der Waals surface area contributed by atoms with Crippen molar-refractivity contribution in [2.45, 2.75) is 41.5 Å². The summed E-state index contributed by atoms with van der Waals surface area (Å²) in [5.74, 6) is -2.56. The number of aryl methyl sites for hydroxylation is 6. The molecule has 0 amide bonds. The van der Waals surface area contributed by atoms with Gasteiger partial charge in [0, 0.05) is 11.1 Å². The van der Waals surface area contributed by atoms with Crippen molar-refractivity contribution in [2.75, 3.05) is 0 Å². The minimum Gasteiger partial charge on any atom is -0.657 e. The van der Waals surface area contributed by atoms with Crippen molar-refractivity contribution in [1.82, 2.24) is 19.9 Å². The second-order valence-electron chi connectivity index (χ2n) is 17.9. The third kappa shape index (κ3) is 9.31. The molecule has 0 spiro atoms. The van der Waals surface area contributed by atoms with Crippen LogP contribution in [0.3, 0.4) is 0 Å². The fourth-order valence-electron chi connectivity index (χ4n) is 10.7. The van der Waals surface area contributed by atoms with E-state index in [0.717, 1.165) is 66.4 Å². The van der Waals surface area contributed by atoms with E-state index in [1.54, 1.807) is 24.3 Å². The van der Waals surface area contributed by atoms with E-state index in [9.17, 15) is 19.8 Å². The first kappa shape index (κ1) is 52.5. The van der Waals surface area contributed by atoms with Crippen LogP contribution in [0.15, 0.2) is 121 Å². The van der Waals surface area contributed by atoms with Gasteiger partial charge in [-0.25, -0.2) is 9.97 Å². The maximum Gasteiger partial charge on any atom is 2.00 e. The molecule has 3 aromatic heterocycles. The molecule has 0 saturated carbocycles. The number of carboxylic acid groups (broad SMARTS) is 2. The standard InChI is InChI=1S/C60H46N4O4.Cu.2K/c1-31-27-33(3)51(34(4)28-31)57-47-23-19-43(61-47)55(39-15-7-11-37-13-9-17-41(53(37)39)59(65)66)45-21-25-49(63-45)58(52-35(5)29-32(2)30-36(52)6)50-26-22-46(64-50)56(44-20-24-48(57)62-44)40-16-8-12-38-14-10-18-42(54(38)40)60(67)68;;;/h7-30H,1-6H3,(H4,61,62,63,64,65,66,67,68);;;/q;+2;2*+1/p-4. The van der Waals surface area contributed by atoms with Gasteiger partial charge in [0.25, 0.3) is 0 Å². The quantitative estimate of drug-likeness (QED) is 0.201. The molecule has 0 saturated heterocycles. The molecule has 339 valence electrons. The molecule has 8 bridgehead atoms. The van der Waals surface area contributed by atoms with Crippen LogP contribution in [0.1, 0.15) is 76.9 Å². The van der Waals surface area contributed by atoms with E-state index < -0.39 is 11.9 Å². The molecule has 0 unspecified atom stereocenters. The summed E-state index contributed by atoms with van der Waals surface area (Å²) in [5.41, 5.74) is 17.8. The van der Waals surface area contributed by atoms with Crippen LogP contribution in [0.5, 0.6) is 0 Å². The summed E-state index contributed by atoms with van der Waals surface area (Å²) in [6.07, 6.45) is 7.93. The van der Waals surface area contributed by atoms with Crippen LogP contribution < -0.4 is 123 Å². The van der Waals surface area contributed by atoms with Gasteiger partial charge in [-0.1, -0.05) is 132 Å². The fraction of sp³-hybridized carbons (Fsp3) is 0.100. The number of fused-ring (bicyclic) bond motifs is 10. The van der Waals surface area contributed by atoms with Gasteiger partial charge >= 0.3 is 120 Å². The van der Waals surface area contributed by atoms with Crippen LogP contribution in [0.4, 0.5) is 0 Å². The molecule has 9 aromatic rings. The number of carbonyl (C=O) groups is 2. The molecule has 0 N–H and O–H groups in total.